The van der Waals surface area contributed by atoms with Gasteiger partial charge in [-0.3, -0.25) is 19.4 Å². The largest absolute Gasteiger partial charge is 0.486 e. The molecule has 144 valence electrons. The lowest BCUT2D eigenvalue weighted by molar-refractivity contribution is -0.386. The van der Waals surface area contributed by atoms with E-state index in [-0.39, 0.29) is 35.1 Å². The molecule has 2 aliphatic heterocycles. The van der Waals surface area contributed by atoms with Gasteiger partial charge in [-0.2, -0.15) is 0 Å². The van der Waals surface area contributed by atoms with Crippen molar-refractivity contribution in [1.29, 1.82) is 0 Å². The van der Waals surface area contributed by atoms with Crippen LogP contribution in [0.4, 0.5) is 10.1 Å². The number of rotatable bonds is 7. The maximum absolute atomic E-state index is 13.3. The number of hydrogen-bond acceptors (Lipinski definition) is 7. The van der Waals surface area contributed by atoms with Crippen molar-refractivity contribution in [1.82, 2.24) is 4.90 Å². The number of alkyl halides is 1. The molecule has 9 nitrogen and oxygen atoms in total. The van der Waals surface area contributed by atoms with Crippen LogP contribution in [0.25, 0.3) is 0 Å². The average molecular weight is 389 g/mol. The Balaban J connectivity index is 1.71. The molecule has 11 heteroatoms. The number of nitrogens with two attached hydrogens (primary N) is 1. The Morgan fingerprint density at radius 1 is 1.35 bits per heavy atom. The lowest BCUT2D eigenvalue weighted by Gasteiger charge is -2.34. The fourth-order valence-electron chi connectivity index (χ4n) is 3.21. The molecule has 0 spiro atoms. The zero-order valence-corrected chi connectivity index (χ0v) is 14.7. The molecule has 2 atom stereocenters. The van der Waals surface area contributed by atoms with Crippen molar-refractivity contribution in [2.75, 3.05) is 39.6 Å². The van der Waals surface area contributed by atoms with E-state index in [1.54, 1.807) is 0 Å². The molecule has 0 unspecified atom stereocenters. The van der Waals surface area contributed by atoms with Crippen LogP contribution >= 0.6 is 0 Å². The molecule has 2 N–H and O–H groups in total. The summed E-state index contributed by atoms with van der Waals surface area (Å²) in [5, 5.41) is 16.2. The number of benzene rings is 1. The molecule has 0 bridgehead atoms. The van der Waals surface area contributed by atoms with Crippen LogP contribution in [0, 0.1) is 22.0 Å². The number of nitrogens with zero attached hydrogens (tertiary/aromatic N) is 2. The SMILES string of the molecule is NS(=O)(=O)c1ccc(OC[C@H]2CN(C3COC3)C[C@@H]2CF)c([N+](=O)[O-])c1. The van der Waals surface area contributed by atoms with E-state index in [1.165, 1.54) is 6.07 Å². The Bertz CT molecular complexity index is 786. The summed E-state index contributed by atoms with van der Waals surface area (Å²) < 4.78 is 46.8. The highest BCUT2D eigenvalue weighted by atomic mass is 32.2. The first-order valence-corrected chi connectivity index (χ1v) is 9.66. The first kappa shape index (κ1) is 19.0. The molecular weight excluding hydrogens is 369 g/mol. The summed E-state index contributed by atoms with van der Waals surface area (Å²) in [7, 11) is -4.06. The van der Waals surface area contributed by atoms with Crippen molar-refractivity contribution in [2.24, 2.45) is 17.0 Å². The van der Waals surface area contributed by atoms with Crippen molar-refractivity contribution in [3.63, 3.8) is 0 Å². The Morgan fingerprint density at radius 3 is 2.58 bits per heavy atom. The minimum absolute atomic E-state index is 0.0644. The third-order valence-electron chi connectivity index (χ3n) is 4.85. The van der Waals surface area contributed by atoms with Crippen LogP contribution < -0.4 is 9.88 Å². The summed E-state index contributed by atoms with van der Waals surface area (Å²) in [6, 6.07) is 3.51. The molecule has 1 aromatic carbocycles. The van der Waals surface area contributed by atoms with Gasteiger partial charge in [0.25, 0.3) is 0 Å². The highest BCUT2D eigenvalue weighted by Crippen LogP contribution is 2.32. The van der Waals surface area contributed by atoms with Gasteiger partial charge in [0.05, 0.1) is 42.4 Å². The van der Waals surface area contributed by atoms with Crippen LogP contribution in [0.3, 0.4) is 0 Å². The van der Waals surface area contributed by atoms with Crippen LogP contribution in [0.1, 0.15) is 0 Å². The van der Waals surface area contributed by atoms with Gasteiger partial charge in [-0.1, -0.05) is 0 Å². The van der Waals surface area contributed by atoms with Crippen LogP contribution in [-0.2, 0) is 14.8 Å². The molecule has 0 amide bonds. The molecule has 2 aliphatic rings. The third kappa shape index (κ3) is 3.95. The molecule has 3 rings (SSSR count). The third-order valence-corrected chi connectivity index (χ3v) is 5.76. The van der Waals surface area contributed by atoms with Gasteiger partial charge in [-0.25, -0.2) is 13.6 Å². The van der Waals surface area contributed by atoms with Crippen molar-refractivity contribution in [3.05, 3.63) is 28.3 Å². The lowest BCUT2D eigenvalue weighted by atomic mass is 9.98. The number of hydrogen-bond donors (Lipinski definition) is 1. The van der Waals surface area contributed by atoms with E-state index >= 15 is 0 Å². The molecular formula is C15H20FN3O6S. The Kier molecular flexibility index (Phi) is 5.42. The highest BCUT2D eigenvalue weighted by Gasteiger charge is 2.39. The van der Waals surface area contributed by atoms with E-state index in [1.807, 2.05) is 0 Å². The van der Waals surface area contributed by atoms with E-state index in [0.29, 0.717) is 26.3 Å². The molecule has 26 heavy (non-hydrogen) atoms. The van der Waals surface area contributed by atoms with Gasteiger partial charge in [0, 0.05) is 31.0 Å². The van der Waals surface area contributed by atoms with Crippen LogP contribution in [0.15, 0.2) is 23.1 Å². The van der Waals surface area contributed by atoms with Gasteiger partial charge in [-0.15, -0.1) is 0 Å². The number of primary sulfonamides is 1. The minimum Gasteiger partial charge on any atom is -0.486 e. The van der Waals surface area contributed by atoms with Gasteiger partial charge >= 0.3 is 5.69 Å². The lowest BCUT2D eigenvalue weighted by Crippen LogP contribution is -2.48. The second kappa shape index (κ2) is 7.43. The van der Waals surface area contributed by atoms with Gasteiger partial charge in [0.2, 0.25) is 10.0 Å². The van der Waals surface area contributed by atoms with Crippen molar-refractivity contribution in [2.45, 2.75) is 10.9 Å². The summed E-state index contributed by atoms with van der Waals surface area (Å²) in [6.45, 7) is 2.11. The second-order valence-electron chi connectivity index (χ2n) is 6.56. The first-order chi connectivity index (χ1) is 12.3. The zero-order valence-electron chi connectivity index (χ0n) is 13.9. The number of nitro benzene ring substituents is 1. The fraction of sp³-hybridized carbons (Fsp3) is 0.600. The van der Waals surface area contributed by atoms with Crippen LogP contribution in [0.5, 0.6) is 5.75 Å². The van der Waals surface area contributed by atoms with Gasteiger partial charge in [0.1, 0.15) is 0 Å². The Morgan fingerprint density at radius 2 is 2.04 bits per heavy atom. The maximum Gasteiger partial charge on any atom is 0.312 e. The quantitative estimate of drug-likeness (QED) is 0.533. The van der Waals surface area contributed by atoms with E-state index in [9.17, 15) is 22.9 Å². The predicted molar refractivity (Wildman–Crippen MR) is 89.1 cm³/mol. The van der Waals surface area contributed by atoms with Crippen molar-refractivity contribution >= 4 is 15.7 Å². The standard InChI is InChI=1S/C15H20FN3O6S/c16-4-10-5-18(12-8-24-9-12)6-11(10)7-25-15-2-1-13(26(17,22)23)3-14(15)19(20)21/h1-3,10-12H,4-9H2,(H2,17,22,23)/t10-,11+/m0/s1. The summed E-state index contributed by atoms with van der Waals surface area (Å²) in [6.07, 6.45) is 0. The Hall–Kier alpha value is -1.82. The summed E-state index contributed by atoms with van der Waals surface area (Å²) in [5.41, 5.74) is -0.490. The first-order valence-electron chi connectivity index (χ1n) is 8.11. The number of likely N-dealkylation sites (tertiary alicyclic amines) is 1. The molecule has 0 aliphatic carbocycles. The van der Waals surface area contributed by atoms with Crippen LogP contribution in [0.2, 0.25) is 0 Å². The van der Waals surface area contributed by atoms with Crippen molar-refractivity contribution < 1.29 is 27.2 Å². The van der Waals surface area contributed by atoms with E-state index < -0.39 is 27.3 Å². The molecule has 0 radical (unpaired) electrons. The van der Waals surface area contributed by atoms with Gasteiger partial charge in [-0.05, 0) is 12.1 Å². The predicted octanol–water partition coefficient (Wildman–Crippen LogP) is 0.537. The summed E-state index contributed by atoms with van der Waals surface area (Å²) in [5.74, 6) is -0.387. The van der Waals surface area contributed by atoms with E-state index in [4.69, 9.17) is 14.6 Å². The van der Waals surface area contributed by atoms with E-state index in [2.05, 4.69) is 4.90 Å². The Labute approximate surface area is 150 Å². The van der Waals surface area contributed by atoms with Gasteiger partial charge in [0.15, 0.2) is 5.75 Å². The molecule has 0 saturated carbocycles. The second-order valence-corrected chi connectivity index (χ2v) is 8.12. The number of halogens is 1. The highest BCUT2D eigenvalue weighted by molar-refractivity contribution is 7.89. The molecule has 2 heterocycles. The minimum atomic E-state index is -4.06. The molecule has 2 saturated heterocycles. The normalized spacial score (nSPS) is 24.4. The molecule has 1 aromatic rings. The van der Waals surface area contributed by atoms with Crippen molar-refractivity contribution in [3.8, 4) is 5.75 Å². The van der Waals surface area contributed by atoms with Crippen LogP contribution in [-0.4, -0.2) is 63.9 Å². The maximum atomic E-state index is 13.3. The summed E-state index contributed by atoms with van der Waals surface area (Å²) in [4.78, 5) is 12.3. The number of nitro groups is 1. The van der Waals surface area contributed by atoms with E-state index in [0.717, 1.165) is 12.1 Å². The smallest absolute Gasteiger partial charge is 0.312 e. The fourth-order valence-corrected chi connectivity index (χ4v) is 3.74. The average Bonchev–Trinajstić information content (AvgIpc) is 2.92. The topological polar surface area (TPSA) is 125 Å². The van der Waals surface area contributed by atoms with Gasteiger partial charge < -0.3 is 9.47 Å². The molecule has 0 aromatic heterocycles. The zero-order chi connectivity index (χ0) is 18.9. The summed E-state index contributed by atoms with van der Waals surface area (Å²) >= 11 is 0. The molecule has 2 fully saturated rings. The number of ether oxygens (including phenoxy) is 2. The monoisotopic (exact) mass is 389 g/mol. The number of sulfonamides is 1.